The summed E-state index contributed by atoms with van der Waals surface area (Å²) in [4.78, 5) is 8.40. The van der Waals surface area contributed by atoms with Gasteiger partial charge in [0, 0.05) is 11.8 Å². The molecule has 22 heavy (non-hydrogen) atoms. The Morgan fingerprint density at radius 2 is 1.91 bits per heavy atom. The van der Waals surface area contributed by atoms with Crippen LogP contribution in [0.1, 0.15) is 17.0 Å². The SMILES string of the molecule is Cc1cc(C)n(-c2cc(N/N=C/c3ccccc3)ncn2)n1. The van der Waals surface area contributed by atoms with Gasteiger partial charge in [0.15, 0.2) is 11.6 Å². The lowest BCUT2D eigenvalue weighted by molar-refractivity contribution is 0.801. The van der Waals surface area contributed by atoms with Crippen LogP contribution in [0.3, 0.4) is 0 Å². The van der Waals surface area contributed by atoms with E-state index in [2.05, 4.69) is 25.6 Å². The molecule has 110 valence electrons. The summed E-state index contributed by atoms with van der Waals surface area (Å²) in [7, 11) is 0. The van der Waals surface area contributed by atoms with Crippen LogP contribution >= 0.6 is 0 Å². The number of nitrogens with zero attached hydrogens (tertiary/aromatic N) is 5. The van der Waals surface area contributed by atoms with Gasteiger partial charge in [-0.05, 0) is 25.5 Å². The van der Waals surface area contributed by atoms with Gasteiger partial charge in [-0.2, -0.15) is 10.2 Å². The molecule has 0 spiro atoms. The molecule has 3 rings (SSSR count). The first-order chi connectivity index (χ1) is 10.7. The molecule has 0 aliphatic heterocycles. The second kappa shape index (κ2) is 6.17. The Morgan fingerprint density at radius 1 is 1.09 bits per heavy atom. The van der Waals surface area contributed by atoms with Crippen LogP contribution in [0.25, 0.3) is 5.82 Å². The number of aromatic nitrogens is 4. The molecule has 0 amide bonds. The first-order valence-corrected chi connectivity index (χ1v) is 6.92. The number of hydrazone groups is 1. The summed E-state index contributed by atoms with van der Waals surface area (Å²) in [5.41, 5.74) is 5.90. The molecule has 0 saturated heterocycles. The molecule has 0 radical (unpaired) electrons. The monoisotopic (exact) mass is 292 g/mol. The molecule has 0 fully saturated rings. The molecule has 0 bridgehead atoms. The summed E-state index contributed by atoms with van der Waals surface area (Å²) in [6.45, 7) is 3.94. The van der Waals surface area contributed by atoms with Crippen molar-refractivity contribution in [3.63, 3.8) is 0 Å². The van der Waals surface area contributed by atoms with E-state index in [1.807, 2.05) is 56.3 Å². The first-order valence-electron chi connectivity index (χ1n) is 6.92. The van der Waals surface area contributed by atoms with Gasteiger partial charge in [-0.15, -0.1) is 0 Å². The minimum atomic E-state index is 0.615. The van der Waals surface area contributed by atoms with Crippen molar-refractivity contribution in [3.05, 3.63) is 65.7 Å². The Labute approximate surface area is 128 Å². The second-order valence-corrected chi connectivity index (χ2v) is 4.88. The lowest BCUT2D eigenvalue weighted by Gasteiger charge is -2.04. The van der Waals surface area contributed by atoms with Crippen LogP contribution in [0.15, 0.2) is 53.9 Å². The van der Waals surface area contributed by atoms with Crippen molar-refractivity contribution >= 4 is 12.0 Å². The van der Waals surface area contributed by atoms with Gasteiger partial charge in [0.2, 0.25) is 0 Å². The van der Waals surface area contributed by atoms with E-state index in [-0.39, 0.29) is 0 Å². The fourth-order valence-corrected chi connectivity index (χ4v) is 2.10. The van der Waals surface area contributed by atoms with E-state index in [1.165, 1.54) is 6.33 Å². The summed E-state index contributed by atoms with van der Waals surface area (Å²) in [5.74, 6) is 1.32. The van der Waals surface area contributed by atoms with Crippen LogP contribution in [-0.2, 0) is 0 Å². The fraction of sp³-hybridized carbons (Fsp3) is 0.125. The quantitative estimate of drug-likeness (QED) is 0.593. The van der Waals surface area contributed by atoms with Gasteiger partial charge in [-0.25, -0.2) is 14.6 Å². The third-order valence-corrected chi connectivity index (χ3v) is 3.07. The highest BCUT2D eigenvalue weighted by Crippen LogP contribution is 2.12. The molecular formula is C16H16N6. The van der Waals surface area contributed by atoms with E-state index >= 15 is 0 Å². The van der Waals surface area contributed by atoms with Crippen molar-refractivity contribution < 1.29 is 0 Å². The van der Waals surface area contributed by atoms with Crippen molar-refractivity contribution in [1.29, 1.82) is 0 Å². The highest BCUT2D eigenvalue weighted by Gasteiger charge is 2.05. The maximum absolute atomic E-state index is 4.41. The van der Waals surface area contributed by atoms with Crippen molar-refractivity contribution in [2.45, 2.75) is 13.8 Å². The third kappa shape index (κ3) is 3.17. The number of nitrogens with one attached hydrogen (secondary N) is 1. The van der Waals surface area contributed by atoms with Gasteiger partial charge in [-0.3, -0.25) is 5.43 Å². The van der Waals surface area contributed by atoms with Crippen LogP contribution < -0.4 is 5.43 Å². The molecule has 0 aliphatic carbocycles. The Bertz CT molecular complexity index is 791. The van der Waals surface area contributed by atoms with Crippen molar-refractivity contribution in [2.75, 3.05) is 5.43 Å². The second-order valence-electron chi connectivity index (χ2n) is 4.88. The van der Waals surface area contributed by atoms with Gasteiger partial charge >= 0.3 is 0 Å². The molecule has 1 N–H and O–H groups in total. The number of aryl methyl sites for hydroxylation is 2. The average Bonchev–Trinajstić information content (AvgIpc) is 2.87. The number of anilines is 1. The highest BCUT2D eigenvalue weighted by atomic mass is 15.3. The van der Waals surface area contributed by atoms with Crippen LogP contribution in [0.4, 0.5) is 5.82 Å². The molecule has 1 aromatic carbocycles. The highest BCUT2D eigenvalue weighted by molar-refractivity contribution is 5.79. The Kier molecular flexibility index (Phi) is 3.91. The Hall–Kier alpha value is -3.02. The lowest BCUT2D eigenvalue weighted by atomic mass is 10.2. The number of rotatable bonds is 4. The smallest absolute Gasteiger partial charge is 0.159 e. The lowest BCUT2D eigenvalue weighted by Crippen LogP contribution is -2.04. The molecule has 2 aromatic heterocycles. The van der Waals surface area contributed by atoms with E-state index in [4.69, 9.17) is 0 Å². The minimum absolute atomic E-state index is 0.615. The third-order valence-electron chi connectivity index (χ3n) is 3.07. The van der Waals surface area contributed by atoms with Crippen LogP contribution in [-0.4, -0.2) is 26.0 Å². The van der Waals surface area contributed by atoms with Gasteiger partial charge in [0.1, 0.15) is 6.33 Å². The number of benzene rings is 1. The number of hydrogen-bond donors (Lipinski definition) is 1. The van der Waals surface area contributed by atoms with Gasteiger partial charge in [0.25, 0.3) is 0 Å². The summed E-state index contributed by atoms with van der Waals surface area (Å²) in [6.07, 6.45) is 3.23. The van der Waals surface area contributed by atoms with E-state index < -0.39 is 0 Å². The Morgan fingerprint density at radius 3 is 2.64 bits per heavy atom. The predicted octanol–water partition coefficient (Wildman–Crippen LogP) is 2.73. The van der Waals surface area contributed by atoms with Crippen molar-refractivity contribution in [2.24, 2.45) is 5.10 Å². The first kappa shape index (κ1) is 13.9. The zero-order valence-corrected chi connectivity index (χ0v) is 12.4. The summed E-state index contributed by atoms with van der Waals surface area (Å²) in [5, 5.41) is 8.59. The van der Waals surface area contributed by atoms with E-state index in [0.29, 0.717) is 11.6 Å². The largest absolute Gasteiger partial charge is 0.261 e. The topological polar surface area (TPSA) is 68.0 Å². The molecule has 2 heterocycles. The Balaban J connectivity index is 1.77. The van der Waals surface area contributed by atoms with E-state index in [0.717, 1.165) is 17.0 Å². The van der Waals surface area contributed by atoms with Gasteiger partial charge in [-0.1, -0.05) is 30.3 Å². The van der Waals surface area contributed by atoms with Crippen LogP contribution in [0.2, 0.25) is 0 Å². The molecule has 0 atom stereocenters. The summed E-state index contributed by atoms with van der Waals surface area (Å²) < 4.78 is 1.78. The standard InChI is InChI=1S/C16H16N6/c1-12-8-13(2)22(21-12)16-9-15(17-11-18-16)20-19-10-14-6-4-3-5-7-14/h3-11H,1-2H3,(H,17,18,20)/b19-10+. The van der Waals surface area contributed by atoms with Crippen LogP contribution in [0.5, 0.6) is 0 Å². The summed E-state index contributed by atoms with van der Waals surface area (Å²) >= 11 is 0. The zero-order chi connectivity index (χ0) is 15.4. The predicted molar refractivity (Wildman–Crippen MR) is 86.3 cm³/mol. The van der Waals surface area contributed by atoms with Crippen molar-refractivity contribution in [3.8, 4) is 5.82 Å². The molecule has 0 unspecified atom stereocenters. The van der Waals surface area contributed by atoms with Crippen molar-refractivity contribution in [1.82, 2.24) is 19.7 Å². The molecule has 6 nitrogen and oxygen atoms in total. The maximum Gasteiger partial charge on any atom is 0.159 e. The van der Waals surface area contributed by atoms with Crippen LogP contribution in [0, 0.1) is 13.8 Å². The fourth-order valence-electron chi connectivity index (χ4n) is 2.10. The van der Waals surface area contributed by atoms with Gasteiger partial charge in [0.05, 0.1) is 11.9 Å². The average molecular weight is 292 g/mol. The molecule has 6 heteroatoms. The minimum Gasteiger partial charge on any atom is -0.261 e. The number of hydrogen-bond acceptors (Lipinski definition) is 5. The molecular weight excluding hydrogens is 276 g/mol. The zero-order valence-electron chi connectivity index (χ0n) is 12.4. The van der Waals surface area contributed by atoms with E-state index in [1.54, 1.807) is 10.9 Å². The summed E-state index contributed by atoms with van der Waals surface area (Å²) in [6, 6.07) is 13.7. The maximum atomic E-state index is 4.41. The van der Waals surface area contributed by atoms with E-state index in [9.17, 15) is 0 Å². The normalized spacial score (nSPS) is 11.0. The molecule has 0 aliphatic rings. The van der Waals surface area contributed by atoms with Gasteiger partial charge < -0.3 is 0 Å². The molecule has 0 saturated carbocycles. The molecule has 3 aromatic rings.